The van der Waals surface area contributed by atoms with Gasteiger partial charge in [0.05, 0.1) is 40.9 Å². The molecule has 12 heteroatoms. The molecule has 6 rings (SSSR count). The number of nitrogens with zero attached hydrogens (tertiary/aromatic N) is 3. The van der Waals surface area contributed by atoms with Gasteiger partial charge in [-0.2, -0.15) is 4.31 Å². The van der Waals surface area contributed by atoms with E-state index < -0.39 is 10.0 Å². The lowest BCUT2D eigenvalue weighted by Crippen LogP contribution is -2.58. The molecule has 1 aliphatic rings. The molecular formula is C37H45N7O4S. The van der Waals surface area contributed by atoms with Crippen molar-refractivity contribution in [3.05, 3.63) is 91.0 Å². The van der Waals surface area contributed by atoms with Gasteiger partial charge in [0, 0.05) is 60.1 Å². The van der Waals surface area contributed by atoms with Crippen LogP contribution in [0.2, 0.25) is 0 Å². The molecular weight excluding hydrogens is 639 g/mol. The molecule has 0 bridgehead atoms. The first-order chi connectivity index (χ1) is 23.6. The molecule has 1 heterocycles. The van der Waals surface area contributed by atoms with E-state index in [2.05, 4.69) is 95.8 Å². The fourth-order valence-corrected chi connectivity index (χ4v) is 8.24. The Balaban J connectivity index is 1.20. The van der Waals surface area contributed by atoms with Crippen molar-refractivity contribution in [3.63, 3.8) is 0 Å². The topological polar surface area (TPSA) is 132 Å². The number of nitrogens with one attached hydrogen (secondary N) is 4. The van der Waals surface area contributed by atoms with Crippen LogP contribution in [-0.2, 0) is 10.0 Å². The molecule has 0 saturated heterocycles. The summed E-state index contributed by atoms with van der Waals surface area (Å²) in [5, 5.41) is 22.9. The van der Waals surface area contributed by atoms with Gasteiger partial charge >= 0.3 is 0 Å². The monoisotopic (exact) mass is 683 g/mol. The van der Waals surface area contributed by atoms with Crippen LogP contribution in [-0.4, -0.2) is 69.0 Å². The molecule has 11 nitrogen and oxygen atoms in total. The Hall–Kier alpha value is -4.75. The minimum atomic E-state index is -3.85. The second-order valence-electron chi connectivity index (χ2n) is 12.5. The van der Waals surface area contributed by atoms with E-state index in [1.807, 2.05) is 30.3 Å². The van der Waals surface area contributed by atoms with Gasteiger partial charge in [-0.1, -0.05) is 49.7 Å². The molecule has 0 aliphatic carbocycles. The molecule has 0 amide bonds. The molecule has 1 unspecified atom stereocenters. The summed E-state index contributed by atoms with van der Waals surface area (Å²) in [7, 11) is 0.527. The number of anilines is 6. The van der Waals surface area contributed by atoms with Gasteiger partial charge in [-0.25, -0.2) is 8.42 Å². The van der Waals surface area contributed by atoms with E-state index in [0.29, 0.717) is 5.69 Å². The van der Waals surface area contributed by atoms with E-state index in [1.54, 1.807) is 12.1 Å². The lowest BCUT2D eigenvalue weighted by molar-refractivity contribution is 0.217. The number of sulfonamides is 1. The van der Waals surface area contributed by atoms with Crippen LogP contribution in [0.1, 0.15) is 26.7 Å². The first-order valence-electron chi connectivity index (χ1n) is 16.5. The van der Waals surface area contributed by atoms with E-state index >= 15 is 0 Å². The molecule has 6 N–H and O–H groups in total. The highest BCUT2D eigenvalue weighted by atomic mass is 32.2. The lowest BCUT2D eigenvalue weighted by Gasteiger charge is -2.52. The molecule has 1 atom stereocenters. The third-order valence-electron chi connectivity index (χ3n) is 9.68. The predicted octanol–water partition coefficient (Wildman–Crippen LogP) is 6.25. The first kappa shape index (κ1) is 34.1. The largest absolute Gasteiger partial charge is 0.395 e. The molecule has 0 aromatic heterocycles. The van der Waals surface area contributed by atoms with Crippen LogP contribution in [0.25, 0.3) is 21.5 Å². The molecule has 258 valence electrons. The fourth-order valence-electron chi connectivity index (χ4n) is 6.82. The zero-order chi connectivity index (χ0) is 34.8. The number of aliphatic hydroxyl groups is 2. The normalized spacial score (nSPS) is 16.0. The van der Waals surface area contributed by atoms with Gasteiger partial charge in [-0.15, -0.1) is 0 Å². The van der Waals surface area contributed by atoms with Gasteiger partial charge in [0.25, 0.3) is 0 Å². The summed E-state index contributed by atoms with van der Waals surface area (Å²) in [6.45, 7) is 3.70. The summed E-state index contributed by atoms with van der Waals surface area (Å²) in [4.78, 5) is 4.88. The average molecular weight is 684 g/mol. The van der Waals surface area contributed by atoms with Crippen LogP contribution >= 0.6 is 0 Å². The van der Waals surface area contributed by atoms with Crippen molar-refractivity contribution in [1.29, 1.82) is 0 Å². The molecule has 49 heavy (non-hydrogen) atoms. The van der Waals surface area contributed by atoms with E-state index in [4.69, 9.17) is 0 Å². The van der Waals surface area contributed by atoms with E-state index in [0.717, 1.165) is 50.4 Å². The highest BCUT2D eigenvalue weighted by Crippen LogP contribution is 2.47. The number of hydrogen-bond acceptors (Lipinski definition) is 10. The van der Waals surface area contributed by atoms with Gasteiger partial charge in [-0.05, 0) is 67.9 Å². The lowest BCUT2D eigenvalue weighted by atomic mass is 9.93. The van der Waals surface area contributed by atoms with Crippen molar-refractivity contribution in [2.75, 3.05) is 71.9 Å². The number of fused-ring (bicyclic) bond motifs is 1. The number of benzene rings is 5. The maximum Gasteiger partial charge on any atom is 0.243 e. The predicted molar refractivity (Wildman–Crippen MR) is 202 cm³/mol. The van der Waals surface area contributed by atoms with Gasteiger partial charge in [0.2, 0.25) is 10.0 Å². The van der Waals surface area contributed by atoms with E-state index in [1.165, 1.54) is 28.9 Å². The minimum absolute atomic E-state index is 0.0816. The first-order valence-corrected chi connectivity index (χ1v) is 18.0. The second-order valence-corrected chi connectivity index (χ2v) is 14.4. The third-order valence-corrected chi connectivity index (χ3v) is 11.6. The van der Waals surface area contributed by atoms with Gasteiger partial charge in [-0.3, -0.25) is 0 Å². The Morgan fingerprint density at radius 1 is 0.673 bits per heavy atom. The van der Waals surface area contributed by atoms with Crippen LogP contribution in [0, 0.1) is 0 Å². The fraction of sp³-hybridized carbons (Fsp3) is 0.297. The molecule has 5 aromatic carbocycles. The van der Waals surface area contributed by atoms with Crippen LogP contribution in [0.15, 0.2) is 95.9 Å². The summed E-state index contributed by atoms with van der Waals surface area (Å²) in [6.07, 6.45) is 2.15. The number of hydrazine groups is 2. The highest BCUT2D eigenvalue weighted by Gasteiger charge is 2.39. The van der Waals surface area contributed by atoms with Crippen molar-refractivity contribution >= 4 is 65.7 Å². The Bertz CT molecular complexity index is 2030. The maximum absolute atomic E-state index is 13.0. The molecule has 0 saturated carbocycles. The maximum atomic E-state index is 13.0. The number of aliphatic hydroxyl groups excluding tert-OH is 2. The molecule has 0 radical (unpaired) electrons. The van der Waals surface area contributed by atoms with E-state index in [9.17, 15) is 18.6 Å². The quantitative estimate of drug-likeness (QED) is 0.0747. The molecule has 0 fully saturated rings. The Morgan fingerprint density at radius 2 is 1.18 bits per heavy atom. The van der Waals surface area contributed by atoms with Crippen LogP contribution in [0.3, 0.4) is 0 Å². The summed E-state index contributed by atoms with van der Waals surface area (Å²) in [6, 6.07) is 29.2. The van der Waals surface area contributed by atoms with Gasteiger partial charge < -0.3 is 41.7 Å². The minimum Gasteiger partial charge on any atom is -0.395 e. The van der Waals surface area contributed by atoms with Crippen LogP contribution < -0.4 is 31.5 Å². The SMILES string of the molecule is CCCC1(C)N(C)c2cccc3c(NNc4ccc(NNc5ccc(S(=O)(=O)N(CCO)CCO)cc5)c5ccccc45)ccc(c23)N1C. The van der Waals surface area contributed by atoms with Crippen molar-refractivity contribution in [2.45, 2.75) is 37.2 Å². The molecule has 5 aromatic rings. The third kappa shape index (κ3) is 6.28. The van der Waals surface area contributed by atoms with Gasteiger partial charge in [0.15, 0.2) is 0 Å². The summed E-state index contributed by atoms with van der Waals surface area (Å²) >= 11 is 0. The summed E-state index contributed by atoms with van der Waals surface area (Å²) in [5.74, 6) is 0. The van der Waals surface area contributed by atoms with E-state index in [-0.39, 0.29) is 36.9 Å². The Morgan fingerprint density at radius 3 is 1.76 bits per heavy atom. The van der Waals surface area contributed by atoms with Crippen molar-refractivity contribution in [1.82, 2.24) is 4.31 Å². The average Bonchev–Trinajstić information content (AvgIpc) is 3.12. The smallest absolute Gasteiger partial charge is 0.243 e. The molecule has 0 spiro atoms. The van der Waals surface area contributed by atoms with Crippen molar-refractivity contribution < 1.29 is 18.6 Å². The summed E-state index contributed by atoms with van der Waals surface area (Å²) < 4.78 is 27.0. The van der Waals surface area contributed by atoms with Gasteiger partial charge in [0.1, 0.15) is 5.66 Å². The number of rotatable bonds is 14. The van der Waals surface area contributed by atoms with Crippen LogP contribution in [0.5, 0.6) is 0 Å². The second kappa shape index (κ2) is 14.0. The standard InChI is InChI=1S/C37H45N7O4S/c1-5-21-37(2)42(3)34-12-8-11-30-33(19-20-35(36(30)34)43(37)4)41-40-32-18-17-31(28-9-6-7-10-29(28)32)39-38-26-13-15-27(16-14-26)49(47,48)44(22-24-45)23-25-46/h6-20,38-41,45-46H,5,21-25H2,1-4H3. The zero-order valence-corrected chi connectivity index (χ0v) is 29.2. The zero-order valence-electron chi connectivity index (χ0n) is 28.4. The van der Waals surface area contributed by atoms with Crippen molar-refractivity contribution in [2.24, 2.45) is 0 Å². The van der Waals surface area contributed by atoms with Crippen LogP contribution in [0.4, 0.5) is 34.1 Å². The van der Waals surface area contributed by atoms with Crippen molar-refractivity contribution in [3.8, 4) is 0 Å². The number of hydrogen-bond donors (Lipinski definition) is 6. The molecule has 1 aliphatic heterocycles. The highest BCUT2D eigenvalue weighted by molar-refractivity contribution is 7.89. The summed E-state index contributed by atoms with van der Waals surface area (Å²) in [5.41, 5.74) is 19.1. The Labute approximate surface area is 288 Å². The Kier molecular flexibility index (Phi) is 9.75.